The molecule has 30 heavy (non-hydrogen) atoms. The molecule has 0 fully saturated rings. The first kappa shape index (κ1) is 19.4. The van der Waals surface area contributed by atoms with Gasteiger partial charge in [-0.25, -0.2) is 0 Å². The Kier molecular flexibility index (Phi) is 5.34. The first-order valence-corrected chi connectivity index (χ1v) is 9.65. The van der Waals surface area contributed by atoms with Crippen LogP contribution >= 0.6 is 0 Å². The molecule has 7 nitrogen and oxygen atoms in total. The van der Waals surface area contributed by atoms with Crippen molar-refractivity contribution in [3.8, 4) is 17.0 Å². The van der Waals surface area contributed by atoms with Crippen molar-refractivity contribution in [3.05, 3.63) is 83.3 Å². The number of hydrogen-bond acceptors (Lipinski definition) is 4. The number of amides is 1. The van der Waals surface area contributed by atoms with E-state index in [1.165, 1.54) is 0 Å². The molecule has 152 valence electrons. The van der Waals surface area contributed by atoms with Crippen molar-refractivity contribution in [2.75, 3.05) is 5.32 Å². The number of ether oxygens (including phenoxy) is 1. The first-order valence-electron chi connectivity index (χ1n) is 9.65. The molecular weight excluding hydrogens is 378 g/mol. The van der Waals surface area contributed by atoms with Gasteiger partial charge < -0.3 is 10.1 Å². The molecule has 2 N–H and O–H groups in total. The van der Waals surface area contributed by atoms with E-state index in [1.807, 2.05) is 75.5 Å². The summed E-state index contributed by atoms with van der Waals surface area (Å²) in [7, 11) is 1.89. The number of carbonyl (C=O) groups is 1. The van der Waals surface area contributed by atoms with E-state index < -0.39 is 0 Å². The van der Waals surface area contributed by atoms with Crippen LogP contribution in [0.2, 0.25) is 0 Å². The molecule has 0 unspecified atom stereocenters. The van der Waals surface area contributed by atoms with Gasteiger partial charge in [0.2, 0.25) is 0 Å². The highest BCUT2D eigenvalue weighted by atomic mass is 16.5. The minimum Gasteiger partial charge on any atom is -0.489 e. The van der Waals surface area contributed by atoms with E-state index in [9.17, 15) is 4.79 Å². The van der Waals surface area contributed by atoms with Crippen LogP contribution in [0.5, 0.6) is 5.75 Å². The standard InChI is InChI=1S/C23H23N5O2/c1-15-22(16(2)28(3)27-15)20-13-21(26-25-20)23(29)24-18-9-11-19(12-10-18)30-14-17-7-5-4-6-8-17/h4-13H,14H2,1-3H3,(H,24,29)(H,25,26). The maximum absolute atomic E-state index is 12.6. The van der Waals surface area contributed by atoms with Crippen LogP contribution in [-0.2, 0) is 13.7 Å². The first-order chi connectivity index (χ1) is 14.5. The quantitative estimate of drug-likeness (QED) is 0.506. The molecule has 4 aromatic rings. The molecule has 2 aromatic heterocycles. The summed E-state index contributed by atoms with van der Waals surface area (Å²) in [5.41, 5.74) is 5.68. The Hall–Kier alpha value is -3.87. The van der Waals surface area contributed by atoms with Crippen LogP contribution in [0.1, 0.15) is 27.4 Å². The van der Waals surface area contributed by atoms with Gasteiger partial charge in [-0.05, 0) is 49.7 Å². The van der Waals surface area contributed by atoms with Gasteiger partial charge in [-0.3, -0.25) is 14.6 Å². The summed E-state index contributed by atoms with van der Waals surface area (Å²) < 4.78 is 7.58. The Labute approximate surface area is 174 Å². The third kappa shape index (κ3) is 4.10. The third-order valence-corrected chi connectivity index (χ3v) is 4.95. The van der Waals surface area contributed by atoms with E-state index in [0.717, 1.165) is 28.3 Å². The van der Waals surface area contributed by atoms with E-state index in [2.05, 4.69) is 20.6 Å². The van der Waals surface area contributed by atoms with E-state index in [-0.39, 0.29) is 5.91 Å². The second kappa shape index (κ2) is 8.24. The van der Waals surface area contributed by atoms with Crippen molar-refractivity contribution in [1.29, 1.82) is 0 Å². The Balaban J connectivity index is 1.40. The Morgan fingerprint density at radius 2 is 1.83 bits per heavy atom. The molecule has 0 aliphatic heterocycles. The van der Waals surface area contributed by atoms with Gasteiger partial charge in [0.25, 0.3) is 5.91 Å². The number of benzene rings is 2. The van der Waals surface area contributed by atoms with Crippen molar-refractivity contribution < 1.29 is 9.53 Å². The zero-order valence-electron chi connectivity index (χ0n) is 17.1. The summed E-state index contributed by atoms with van der Waals surface area (Å²) in [5.74, 6) is 0.481. The summed E-state index contributed by atoms with van der Waals surface area (Å²) in [5, 5.41) is 14.4. The fourth-order valence-corrected chi connectivity index (χ4v) is 3.28. The number of nitrogens with zero attached hydrogens (tertiary/aromatic N) is 3. The average Bonchev–Trinajstić information content (AvgIpc) is 3.32. The SMILES string of the molecule is Cc1nn(C)c(C)c1-c1cc(C(=O)Nc2ccc(OCc3ccccc3)cc2)[nH]n1. The van der Waals surface area contributed by atoms with Gasteiger partial charge in [-0.2, -0.15) is 10.2 Å². The van der Waals surface area contributed by atoms with E-state index >= 15 is 0 Å². The number of aryl methyl sites for hydroxylation is 2. The summed E-state index contributed by atoms with van der Waals surface area (Å²) >= 11 is 0. The van der Waals surface area contributed by atoms with Crippen molar-refractivity contribution in [2.24, 2.45) is 7.05 Å². The Bertz CT molecular complexity index is 1160. The fraction of sp³-hybridized carbons (Fsp3) is 0.174. The fourth-order valence-electron chi connectivity index (χ4n) is 3.28. The monoisotopic (exact) mass is 401 g/mol. The molecule has 4 rings (SSSR count). The van der Waals surface area contributed by atoms with Crippen LogP contribution in [0.4, 0.5) is 5.69 Å². The smallest absolute Gasteiger partial charge is 0.273 e. The van der Waals surface area contributed by atoms with E-state index in [4.69, 9.17) is 4.74 Å². The minimum absolute atomic E-state index is 0.258. The lowest BCUT2D eigenvalue weighted by molar-refractivity contribution is 0.102. The van der Waals surface area contributed by atoms with Crippen LogP contribution in [0.15, 0.2) is 60.7 Å². The number of rotatable bonds is 6. The van der Waals surface area contributed by atoms with Gasteiger partial charge in [-0.15, -0.1) is 0 Å². The number of carbonyl (C=O) groups excluding carboxylic acids is 1. The van der Waals surface area contributed by atoms with E-state index in [0.29, 0.717) is 23.7 Å². The van der Waals surface area contributed by atoms with E-state index in [1.54, 1.807) is 10.7 Å². The molecular formula is C23H23N5O2. The summed E-state index contributed by atoms with van der Waals surface area (Å²) in [6, 6.07) is 19.0. The Morgan fingerprint density at radius 3 is 2.50 bits per heavy atom. The lowest BCUT2D eigenvalue weighted by atomic mass is 10.1. The van der Waals surface area contributed by atoms with Crippen molar-refractivity contribution in [1.82, 2.24) is 20.0 Å². The maximum Gasteiger partial charge on any atom is 0.273 e. The zero-order valence-corrected chi connectivity index (χ0v) is 17.1. The zero-order chi connectivity index (χ0) is 21.1. The largest absolute Gasteiger partial charge is 0.489 e. The molecule has 1 amide bonds. The number of anilines is 1. The van der Waals surface area contributed by atoms with Crippen LogP contribution in [-0.4, -0.2) is 25.9 Å². The Morgan fingerprint density at radius 1 is 1.10 bits per heavy atom. The summed E-state index contributed by atoms with van der Waals surface area (Å²) in [6.07, 6.45) is 0. The molecule has 0 saturated heterocycles. The van der Waals surface area contributed by atoms with Crippen LogP contribution in [0, 0.1) is 13.8 Å². The highest BCUT2D eigenvalue weighted by Gasteiger charge is 2.17. The normalized spacial score (nSPS) is 10.8. The van der Waals surface area contributed by atoms with Gasteiger partial charge in [0.05, 0.1) is 11.4 Å². The molecule has 2 heterocycles. The molecule has 0 aliphatic rings. The lowest BCUT2D eigenvalue weighted by Gasteiger charge is -2.08. The lowest BCUT2D eigenvalue weighted by Crippen LogP contribution is -2.12. The van der Waals surface area contributed by atoms with Gasteiger partial charge in [0.1, 0.15) is 18.1 Å². The molecule has 0 saturated carbocycles. The van der Waals surface area contributed by atoms with Crippen molar-refractivity contribution in [3.63, 3.8) is 0 Å². The highest BCUT2D eigenvalue weighted by molar-refractivity contribution is 6.03. The molecule has 0 aliphatic carbocycles. The second-order valence-electron chi connectivity index (χ2n) is 7.09. The number of hydrogen-bond donors (Lipinski definition) is 2. The van der Waals surface area contributed by atoms with Crippen LogP contribution < -0.4 is 10.1 Å². The predicted molar refractivity (Wildman–Crippen MR) is 115 cm³/mol. The summed E-state index contributed by atoms with van der Waals surface area (Å²) in [6.45, 7) is 4.40. The van der Waals surface area contributed by atoms with Gasteiger partial charge in [0.15, 0.2) is 0 Å². The highest BCUT2D eigenvalue weighted by Crippen LogP contribution is 2.25. The third-order valence-electron chi connectivity index (χ3n) is 4.95. The predicted octanol–water partition coefficient (Wildman–Crippen LogP) is 4.26. The number of aromatic amines is 1. The maximum atomic E-state index is 12.6. The molecule has 0 spiro atoms. The van der Waals surface area contributed by atoms with Crippen molar-refractivity contribution >= 4 is 11.6 Å². The minimum atomic E-state index is -0.258. The number of nitrogens with one attached hydrogen (secondary N) is 2. The number of aromatic nitrogens is 4. The molecule has 2 aromatic carbocycles. The molecule has 7 heteroatoms. The van der Waals surface area contributed by atoms with Crippen molar-refractivity contribution in [2.45, 2.75) is 20.5 Å². The van der Waals surface area contributed by atoms with Crippen LogP contribution in [0.25, 0.3) is 11.3 Å². The average molecular weight is 401 g/mol. The molecule has 0 radical (unpaired) electrons. The van der Waals surface area contributed by atoms with Gasteiger partial charge in [-0.1, -0.05) is 30.3 Å². The second-order valence-corrected chi connectivity index (χ2v) is 7.09. The molecule has 0 bridgehead atoms. The number of H-pyrrole nitrogens is 1. The molecule has 0 atom stereocenters. The van der Waals surface area contributed by atoms with Gasteiger partial charge in [0, 0.05) is 24.0 Å². The topological polar surface area (TPSA) is 84.8 Å². The van der Waals surface area contributed by atoms with Gasteiger partial charge >= 0.3 is 0 Å². The summed E-state index contributed by atoms with van der Waals surface area (Å²) in [4.78, 5) is 12.6. The van der Waals surface area contributed by atoms with Crippen LogP contribution in [0.3, 0.4) is 0 Å².